The van der Waals surface area contributed by atoms with E-state index < -0.39 is 0 Å². The lowest BCUT2D eigenvalue weighted by molar-refractivity contribution is 0.102. The fourth-order valence-electron chi connectivity index (χ4n) is 1.91. The lowest BCUT2D eigenvalue weighted by Crippen LogP contribution is -2.18. The quantitative estimate of drug-likeness (QED) is 0.713. The summed E-state index contributed by atoms with van der Waals surface area (Å²) >= 11 is 11.8. The number of halogens is 2. The molecule has 108 valence electrons. The number of nitrogens with one attached hydrogen (secondary N) is 1. The maximum absolute atomic E-state index is 12.4. The van der Waals surface area contributed by atoms with Gasteiger partial charge in [0.05, 0.1) is 5.69 Å². The predicted molar refractivity (Wildman–Crippen MR) is 96.9 cm³/mol. The maximum atomic E-state index is 12.4. The van der Waals surface area contributed by atoms with Crippen molar-refractivity contribution in [3.05, 3.63) is 62.0 Å². The van der Waals surface area contributed by atoms with Crippen molar-refractivity contribution in [1.82, 2.24) is 0 Å². The van der Waals surface area contributed by atoms with Crippen LogP contribution in [0.25, 0.3) is 0 Å². The molecule has 1 amide bonds. The van der Waals surface area contributed by atoms with Gasteiger partial charge in [0.15, 0.2) is 0 Å². The van der Waals surface area contributed by atoms with Crippen molar-refractivity contribution >= 4 is 60.7 Å². The van der Waals surface area contributed by atoms with Gasteiger partial charge in [-0.2, -0.15) is 0 Å². The van der Waals surface area contributed by atoms with E-state index in [-0.39, 0.29) is 10.9 Å². The van der Waals surface area contributed by atoms with Gasteiger partial charge in [-0.3, -0.25) is 4.79 Å². The topological polar surface area (TPSA) is 55.1 Å². The van der Waals surface area contributed by atoms with Gasteiger partial charge < -0.3 is 11.1 Å². The van der Waals surface area contributed by atoms with E-state index in [1.54, 1.807) is 18.2 Å². The van der Waals surface area contributed by atoms with Crippen LogP contribution in [0.4, 0.5) is 5.69 Å². The first-order valence-corrected chi connectivity index (χ1v) is 8.05. The Morgan fingerprint density at radius 3 is 2.24 bits per heavy atom. The smallest absolute Gasteiger partial charge is 0.255 e. The summed E-state index contributed by atoms with van der Waals surface area (Å²) in [6.07, 6.45) is 0. The Labute approximate surface area is 145 Å². The van der Waals surface area contributed by atoms with Crippen LogP contribution < -0.4 is 11.1 Å². The molecule has 0 bridgehead atoms. The molecule has 2 rings (SSSR count). The molecule has 2 aromatic rings. The van der Waals surface area contributed by atoms with E-state index >= 15 is 0 Å². The predicted octanol–water partition coefficient (Wildman–Crippen LogP) is 4.41. The summed E-state index contributed by atoms with van der Waals surface area (Å²) in [6, 6.07) is 10.9. The summed E-state index contributed by atoms with van der Waals surface area (Å²) in [5.41, 5.74) is 8.40. The third kappa shape index (κ3) is 3.90. The van der Waals surface area contributed by atoms with Crippen molar-refractivity contribution in [1.29, 1.82) is 0 Å². The van der Waals surface area contributed by atoms with E-state index in [4.69, 9.17) is 18.0 Å². The second kappa shape index (κ2) is 6.68. The van der Waals surface area contributed by atoms with Crippen molar-refractivity contribution in [3.8, 4) is 0 Å². The highest BCUT2D eigenvalue weighted by Crippen LogP contribution is 2.23. The Balaban J connectivity index is 2.35. The highest BCUT2D eigenvalue weighted by molar-refractivity contribution is 9.10. The molecule has 0 aliphatic rings. The summed E-state index contributed by atoms with van der Waals surface area (Å²) in [5, 5.41) is 2.86. The third-order valence-electron chi connectivity index (χ3n) is 2.93. The van der Waals surface area contributed by atoms with Crippen LogP contribution in [0.3, 0.4) is 0 Å². The molecule has 0 unspecified atom stereocenters. The van der Waals surface area contributed by atoms with Crippen LogP contribution >= 0.6 is 44.1 Å². The molecule has 0 atom stereocenters. The SMILES string of the molecule is Cc1cc(Br)ccc1C(=O)Nc1cc(Br)ccc1C(N)=S. The Kier molecular flexibility index (Phi) is 5.13. The zero-order valence-corrected chi connectivity index (χ0v) is 15.1. The monoisotopic (exact) mass is 426 g/mol. The van der Waals surface area contributed by atoms with Crippen molar-refractivity contribution in [2.45, 2.75) is 6.92 Å². The van der Waals surface area contributed by atoms with E-state index in [2.05, 4.69) is 37.2 Å². The van der Waals surface area contributed by atoms with E-state index in [0.717, 1.165) is 14.5 Å². The highest BCUT2D eigenvalue weighted by atomic mass is 79.9. The van der Waals surface area contributed by atoms with Crippen LogP contribution in [0.15, 0.2) is 45.3 Å². The van der Waals surface area contributed by atoms with Gasteiger partial charge in [0.2, 0.25) is 0 Å². The standard InChI is InChI=1S/C15H12Br2N2OS/c1-8-6-9(16)2-4-11(8)15(20)19-13-7-10(17)3-5-12(13)14(18)21/h2-7H,1H3,(H2,18,21)(H,19,20). The fourth-order valence-corrected chi connectivity index (χ4v) is 2.92. The van der Waals surface area contributed by atoms with Crippen LogP contribution in [0.1, 0.15) is 21.5 Å². The zero-order valence-electron chi connectivity index (χ0n) is 11.1. The van der Waals surface area contributed by atoms with Crippen LogP contribution in [-0.4, -0.2) is 10.9 Å². The van der Waals surface area contributed by atoms with Crippen LogP contribution in [0.5, 0.6) is 0 Å². The van der Waals surface area contributed by atoms with Crippen molar-refractivity contribution in [3.63, 3.8) is 0 Å². The number of nitrogens with two attached hydrogens (primary N) is 1. The lowest BCUT2D eigenvalue weighted by Gasteiger charge is -2.12. The van der Waals surface area contributed by atoms with Crippen LogP contribution in [0, 0.1) is 6.92 Å². The molecule has 6 heteroatoms. The number of thiocarbonyl (C=S) groups is 1. The van der Waals surface area contributed by atoms with Crippen molar-refractivity contribution in [2.24, 2.45) is 5.73 Å². The molecule has 3 nitrogen and oxygen atoms in total. The number of aryl methyl sites for hydroxylation is 1. The first-order valence-electron chi connectivity index (χ1n) is 6.05. The molecule has 0 aliphatic heterocycles. The van der Waals surface area contributed by atoms with Gasteiger partial charge in [-0.1, -0.05) is 44.1 Å². The van der Waals surface area contributed by atoms with Gasteiger partial charge in [0.1, 0.15) is 4.99 Å². The highest BCUT2D eigenvalue weighted by Gasteiger charge is 2.13. The molecule has 0 saturated heterocycles. The Morgan fingerprint density at radius 2 is 1.67 bits per heavy atom. The molecule has 0 heterocycles. The molecule has 0 saturated carbocycles. The lowest BCUT2D eigenvalue weighted by atomic mass is 10.1. The molecule has 2 aromatic carbocycles. The average Bonchev–Trinajstić information content (AvgIpc) is 2.37. The first kappa shape index (κ1) is 16.1. The van der Waals surface area contributed by atoms with E-state index in [1.807, 2.05) is 25.1 Å². The van der Waals surface area contributed by atoms with Gasteiger partial charge in [-0.05, 0) is 48.9 Å². The number of carbonyl (C=O) groups is 1. The molecule has 0 aliphatic carbocycles. The number of rotatable bonds is 3. The summed E-state index contributed by atoms with van der Waals surface area (Å²) < 4.78 is 1.77. The molecular formula is C15H12Br2N2OS. The molecule has 21 heavy (non-hydrogen) atoms. The number of carbonyl (C=O) groups excluding carboxylic acids is 1. The Hall–Kier alpha value is -1.24. The fraction of sp³-hybridized carbons (Fsp3) is 0.0667. The number of benzene rings is 2. The van der Waals surface area contributed by atoms with E-state index in [9.17, 15) is 4.79 Å². The van der Waals surface area contributed by atoms with E-state index in [0.29, 0.717) is 16.8 Å². The second-order valence-corrected chi connectivity index (χ2v) is 6.74. The molecule has 0 spiro atoms. The van der Waals surface area contributed by atoms with Gasteiger partial charge in [-0.25, -0.2) is 0 Å². The maximum Gasteiger partial charge on any atom is 0.255 e. The molecule has 0 aromatic heterocycles. The molecule has 3 N–H and O–H groups in total. The third-order valence-corrected chi connectivity index (χ3v) is 4.13. The number of hydrogen-bond donors (Lipinski definition) is 2. The van der Waals surface area contributed by atoms with E-state index in [1.165, 1.54) is 0 Å². The molecular weight excluding hydrogens is 416 g/mol. The molecule has 0 radical (unpaired) electrons. The minimum Gasteiger partial charge on any atom is -0.389 e. The summed E-state index contributed by atoms with van der Waals surface area (Å²) in [6.45, 7) is 1.88. The first-order chi connectivity index (χ1) is 9.88. The summed E-state index contributed by atoms with van der Waals surface area (Å²) in [5.74, 6) is -0.199. The summed E-state index contributed by atoms with van der Waals surface area (Å²) in [4.78, 5) is 12.6. The minimum absolute atomic E-state index is 0.199. The largest absolute Gasteiger partial charge is 0.389 e. The van der Waals surface area contributed by atoms with Gasteiger partial charge in [0, 0.05) is 20.1 Å². The second-order valence-electron chi connectivity index (χ2n) is 4.47. The Morgan fingerprint density at radius 1 is 1.10 bits per heavy atom. The van der Waals surface area contributed by atoms with Crippen molar-refractivity contribution < 1.29 is 4.79 Å². The number of amides is 1. The van der Waals surface area contributed by atoms with Crippen molar-refractivity contribution in [2.75, 3.05) is 5.32 Å². The van der Waals surface area contributed by atoms with Gasteiger partial charge in [0.25, 0.3) is 5.91 Å². The number of anilines is 1. The Bertz CT molecular complexity index is 732. The molecule has 0 fully saturated rings. The van der Waals surface area contributed by atoms with Gasteiger partial charge >= 0.3 is 0 Å². The van der Waals surface area contributed by atoms with Gasteiger partial charge in [-0.15, -0.1) is 0 Å². The van der Waals surface area contributed by atoms with Crippen LogP contribution in [-0.2, 0) is 0 Å². The number of hydrogen-bond acceptors (Lipinski definition) is 2. The minimum atomic E-state index is -0.199. The normalized spacial score (nSPS) is 10.2. The zero-order chi connectivity index (χ0) is 15.6. The summed E-state index contributed by atoms with van der Waals surface area (Å²) in [7, 11) is 0. The van der Waals surface area contributed by atoms with Crippen LogP contribution in [0.2, 0.25) is 0 Å². The average molecular weight is 428 g/mol.